The van der Waals surface area contributed by atoms with E-state index in [4.69, 9.17) is 21.3 Å². The summed E-state index contributed by atoms with van der Waals surface area (Å²) in [6.07, 6.45) is 0. The van der Waals surface area contributed by atoms with E-state index in [0.29, 0.717) is 17.1 Å². The molecule has 0 N–H and O–H groups in total. The zero-order valence-corrected chi connectivity index (χ0v) is 27.6. The predicted molar refractivity (Wildman–Crippen MR) is 192 cm³/mol. The number of hydrogen-bond donors (Lipinski definition) is 0. The molecule has 2 aliphatic heterocycles. The van der Waals surface area contributed by atoms with Crippen LogP contribution in [-0.2, 0) is 7.58 Å². The fraction of sp³-hybridized carbons (Fsp3) is 0. The third-order valence-corrected chi connectivity index (χ3v) is 10.2. The van der Waals surface area contributed by atoms with Crippen LogP contribution in [0.3, 0.4) is 0 Å². The highest BCUT2D eigenvalue weighted by atomic mass is 27.3. The van der Waals surface area contributed by atoms with Crippen molar-refractivity contribution in [2.24, 2.45) is 0 Å². The summed E-state index contributed by atoms with van der Waals surface area (Å²) in [7, 11) is 0. The highest BCUT2D eigenvalue weighted by Crippen LogP contribution is 2.47. The summed E-state index contributed by atoms with van der Waals surface area (Å²) in [6.45, 7) is 0. The monoisotopic (exact) mass is 664 g/mol. The Hall–Kier alpha value is -6.33. The number of pyridine rings is 2. The van der Waals surface area contributed by atoms with Crippen LogP contribution in [0, 0.1) is 0 Å². The van der Waals surface area contributed by atoms with Crippen LogP contribution in [-0.4, -0.2) is 37.1 Å². The normalized spacial score (nSPS) is 12.9. The minimum Gasteiger partial charge on any atom is -0.576 e. The lowest BCUT2D eigenvalue weighted by Gasteiger charge is -2.22. The van der Waals surface area contributed by atoms with E-state index in [9.17, 15) is 9.59 Å². The van der Waals surface area contributed by atoms with E-state index >= 15 is 0 Å². The van der Waals surface area contributed by atoms with Gasteiger partial charge in [0.05, 0.1) is 11.4 Å². The smallest absolute Gasteiger partial charge is 0.576 e. The van der Waals surface area contributed by atoms with Crippen LogP contribution in [0.5, 0.6) is 5.75 Å². The molecule has 9 rings (SSSR count). The summed E-state index contributed by atoms with van der Waals surface area (Å²) in [5.74, 6) is -1.09. The Balaban J connectivity index is 1.38. The quantitative estimate of drug-likeness (QED) is 0.149. The van der Waals surface area contributed by atoms with Crippen LogP contribution in [0.25, 0.3) is 67.0 Å². The molecule has 50 heavy (non-hydrogen) atoms. The third kappa shape index (κ3) is 5.15. The standard InChI is InChI=1S/C42H28N2O5.Al/c45-40-34(30-16-3-1-12-26(30)28-14-5-7-18-32(28)36-22-10-24-38(43-36)41(46)47)20-9-21-35(40)31-17-4-2-13-27(31)29-15-6-8-19-33(29)37-23-11-25-39(44-37)42(48)49;/h1-25,45H,(H,46,47)(H,48,49);/q;+3/p-3. The molecule has 0 saturated heterocycles. The molecule has 6 bridgehead atoms. The molecule has 4 heterocycles. The Morgan fingerprint density at radius 3 is 1.04 bits per heavy atom. The molecule has 8 heteroatoms. The second-order valence-corrected chi connectivity index (χ2v) is 13.2. The number of nitrogens with zero attached hydrogens (tertiary/aromatic N) is 2. The molecule has 0 unspecified atom stereocenters. The molecule has 2 aliphatic rings. The van der Waals surface area contributed by atoms with Crippen molar-refractivity contribution in [1.29, 1.82) is 0 Å². The molecule has 7 aromatic rings. The number of carbonyl (C=O) groups is 2. The van der Waals surface area contributed by atoms with Gasteiger partial charge in [0.1, 0.15) is 17.1 Å². The number of aromatic nitrogens is 2. The average Bonchev–Trinajstić information content (AvgIpc) is 3.18. The maximum absolute atomic E-state index is 13.8. The molecule has 0 saturated carbocycles. The number of hydrogen-bond acceptors (Lipinski definition) is 7. The maximum Gasteiger partial charge on any atom is 1.20 e. The van der Waals surface area contributed by atoms with E-state index in [2.05, 4.69) is 12.1 Å². The van der Waals surface area contributed by atoms with Gasteiger partial charge >= 0.3 is 27.1 Å². The van der Waals surface area contributed by atoms with Gasteiger partial charge in [-0.1, -0.05) is 127 Å². The van der Waals surface area contributed by atoms with Gasteiger partial charge in [-0.15, -0.1) is 0 Å². The van der Waals surface area contributed by atoms with Crippen molar-refractivity contribution in [2.45, 2.75) is 0 Å². The molecular formula is C42H25AlN2O5. The van der Waals surface area contributed by atoms with Gasteiger partial charge in [0, 0.05) is 22.3 Å². The van der Waals surface area contributed by atoms with Crippen molar-refractivity contribution in [3.05, 3.63) is 163 Å². The minimum absolute atomic E-state index is 0.0642. The molecular weight excluding hydrogens is 639 g/mol. The molecule has 236 valence electrons. The highest BCUT2D eigenvalue weighted by molar-refractivity contribution is 6.44. The first-order valence-corrected chi connectivity index (χ1v) is 17.6. The van der Waals surface area contributed by atoms with Crippen LogP contribution in [0.4, 0.5) is 0 Å². The zero-order valence-electron chi connectivity index (χ0n) is 26.4. The Kier molecular flexibility index (Phi) is 7.32. The van der Waals surface area contributed by atoms with Crippen LogP contribution >= 0.6 is 0 Å². The van der Waals surface area contributed by atoms with Gasteiger partial charge in [-0.05, 0) is 57.6 Å². The molecule has 0 amide bonds. The van der Waals surface area contributed by atoms with E-state index in [0.717, 1.165) is 55.6 Å². The molecule has 7 nitrogen and oxygen atoms in total. The first-order chi connectivity index (χ1) is 24.6. The summed E-state index contributed by atoms with van der Waals surface area (Å²) in [5, 5.41) is 0. The van der Waals surface area contributed by atoms with E-state index in [1.807, 2.05) is 115 Å². The summed E-state index contributed by atoms with van der Waals surface area (Å²) < 4.78 is 18.8. The van der Waals surface area contributed by atoms with Crippen molar-refractivity contribution in [2.75, 3.05) is 0 Å². The summed E-state index contributed by atoms with van der Waals surface area (Å²) in [5.41, 5.74) is 10.0. The first kappa shape index (κ1) is 29.8. The van der Waals surface area contributed by atoms with Gasteiger partial charge in [-0.3, -0.25) is 0 Å². The Labute approximate surface area is 292 Å². The Morgan fingerprint density at radius 1 is 0.320 bits per heavy atom. The van der Waals surface area contributed by atoms with Gasteiger partial charge < -0.3 is 11.4 Å². The van der Waals surface area contributed by atoms with Crippen LogP contribution in [0.2, 0.25) is 0 Å². The van der Waals surface area contributed by atoms with Crippen LogP contribution < -0.4 is 3.79 Å². The lowest BCUT2D eigenvalue weighted by atomic mass is 9.87. The van der Waals surface area contributed by atoms with E-state index in [1.54, 1.807) is 24.3 Å². The van der Waals surface area contributed by atoms with E-state index < -0.39 is 27.1 Å². The van der Waals surface area contributed by atoms with Crippen LogP contribution in [0.15, 0.2) is 152 Å². The molecule has 0 radical (unpaired) electrons. The number of fused-ring (bicyclic) bond motifs is 15. The largest absolute Gasteiger partial charge is 1.20 e. The number of para-hydroxylation sites is 1. The SMILES string of the molecule is O=C1[O][Al]2[O]C(=O)c3cccc(n3)-c3ccccc3-c3ccccc3-c3cccc(c3[O]2)-c2ccccc2-c2ccccc2-c2cccc1n2. The van der Waals surface area contributed by atoms with Crippen molar-refractivity contribution >= 4 is 27.1 Å². The van der Waals surface area contributed by atoms with Crippen molar-refractivity contribution in [3.63, 3.8) is 0 Å². The molecule has 2 aromatic heterocycles. The molecule has 0 spiro atoms. The summed E-state index contributed by atoms with van der Waals surface area (Å²) >= 11 is -3.67. The second kappa shape index (κ2) is 12.3. The number of carbonyl (C=O) groups excluding carboxylic acids is 2. The van der Waals surface area contributed by atoms with E-state index in [-0.39, 0.29) is 11.4 Å². The van der Waals surface area contributed by atoms with Gasteiger partial charge in [0.2, 0.25) is 0 Å². The van der Waals surface area contributed by atoms with Crippen molar-refractivity contribution in [3.8, 4) is 72.8 Å². The Morgan fingerprint density at radius 2 is 0.620 bits per heavy atom. The third-order valence-electron chi connectivity index (χ3n) is 8.97. The van der Waals surface area contributed by atoms with Gasteiger partial charge in [0.15, 0.2) is 0 Å². The first-order valence-electron chi connectivity index (χ1n) is 16.2. The topological polar surface area (TPSA) is 87.6 Å². The lowest BCUT2D eigenvalue weighted by Crippen LogP contribution is -2.36. The average molecular weight is 665 g/mol. The minimum atomic E-state index is -3.67. The lowest BCUT2D eigenvalue weighted by molar-refractivity contribution is 0.0523. The number of rotatable bonds is 0. The maximum atomic E-state index is 13.8. The Bertz CT molecular complexity index is 2330. The highest BCUT2D eigenvalue weighted by Gasteiger charge is 2.49. The fourth-order valence-corrected chi connectivity index (χ4v) is 7.92. The van der Waals surface area contributed by atoms with Crippen molar-refractivity contribution in [1.82, 2.24) is 9.97 Å². The molecule has 0 aliphatic carbocycles. The summed E-state index contributed by atoms with van der Waals surface area (Å²) in [6, 6.07) is 48.5. The van der Waals surface area contributed by atoms with Crippen LogP contribution in [0.1, 0.15) is 21.0 Å². The van der Waals surface area contributed by atoms with Crippen molar-refractivity contribution < 1.29 is 21.0 Å². The fourth-order valence-electron chi connectivity index (χ4n) is 6.74. The second-order valence-electron chi connectivity index (χ2n) is 11.9. The molecule has 5 aromatic carbocycles. The summed E-state index contributed by atoms with van der Waals surface area (Å²) in [4.78, 5) is 37.1. The van der Waals surface area contributed by atoms with Gasteiger partial charge in [-0.2, -0.15) is 0 Å². The van der Waals surface area contributed by atoms with Gasteiger partial charge in [-0.25, -0.2) is 19.6 Å². The molecule has 0 atom stereocenters. The van der Waals surface area contributed by atoms with E-state index in [1.165, 1.54) is 0 Å². The molecule has 0 fully saturated rings. The van der Waals surface area contributed by atoms with Gasteiger partial charge in [0.25, 0.3) is 0 Å². The number of benzene rings is 5. The zero-order chi connectivity index (χ0) is 33.6. The predicted octanol–water partition coefficient (Wildman–Crippen LogP) is 9.18.